The summed E-state index contributed by atoms with van der Waals surface area (Å²) in [6.07, 6.45) is 2.63. The van der Waals surface area contributed by atoms with Crippen LogP contribution in [-0.4, -0.2) is 49.7 Å². The maximum atomic E-state index is 12.5. The number of unbranched alkanes of at least 4 members (excludes halogenated alkanes) is 1. The van der Waals surface area contributed by atoms with Gasteiger partial charge in [0, 0.05) is 6.54 Å². The summed E-state index contributed by atoms with van der Waals surface area (Å²) in [5, 5.41) is 0. The minimum Gasteiger partial charge on any atom is -0.465 e. The van der Waals surface area contributed by atoms with Crippen molar-refractivity contribution >= 4 is 11.9 Å². The SMILES string of the molecule is CCCCC(CC)(C(=O)OCC)C(=O)OCCN(CC)CC. The number of carbonyl (C=O) groups excluding carboxylic acids is 2. The highest BCUT2D eigenvalue weighted by molar-refractivity contribution is 6.00. The summed E-state index contributed by atoms with van der Waals surface area (Å²) in [5.41, 5.74) is -1.14. The molecule has 0 rings (SSSR count). The second-order valence-corrected chi connectivity index (χ2v) is 5.42. The molecule has 0 fully saturated rings. The van der Waals surface area contributed by atoms with Gasteiger partial charge in [0.25, 0.3) is 0 Å². The molecular formula is C17H33NO4. The van der Waals surface area contributed by atoms with Crippen LogP contribution in [0.15, 0.2) is 0 Å². The summed E-state index contributed by atoms with van der Waals surface area (Å²) in [6.45, 7) is 12.9. The maximum absolute atomic E-state index is 12.5. The van der Waals surface area contributed by atoms with Crippen molar-refractivity contribution in [1.29, 1.82) is 0 Å². The van der Waals surface area contributed by atoms with E-state index in [2.05, 4.69) is 18.7 Å². The molecule has 0 aliphatic heterocycles. The van der Waals surface area contributed by atoms with Crippen molar-refractivity contribution in [1.82, 2.24) is 4.90 Å². The molecule has 0 aliphatic rings. The van der Waals surface area contributed by atoms with E-state index in [9.17, 15) is 9.59 Å². The minimum atomic E-state index is -1.14. The van der Waals surface area contributed by atoms with Crippen LogP contribution in [0.5, 0.6) is 0 Å². The zero-order valence-corrected chi connectivity index (χ0v) is 14.9. The summed E-state index contributed by atoms with van der Waals surface area (Å²) < 4.78 is 10.6. The monoisotopic (exact) mass is 315 g/mol. The standard InChI is InChI=1S/C17H33NO4/c1-6-11-12-17(7-2,15(19)21-10-5)16(20)22-14-13-18(8-3)9-4/h6-14H2,1-5H3. The Morgan fingerprint density at radius 3 is 2.00 bits per heavy atom. The van der Waals surface area contributed by atoms with Crippen LogP contribution < -0.4 is 0 Å². The van der Waals surface area contributed by atoms with Gasteiger partial charge in [0.2, 0.25) is 0 Å². The van der Waals surface area contributed by atoms with E-state index in [0.29, 0.717) is 26.0 Å². The molecule has 0 bridgehead atoms. The highest BCUT2D eigenvalue weighted by Crippen LogP contribution is 2.32. The first-order chi connectivity index (χ1) is 10.5. The molecule has 0 aromatic carbocycles. The molecule has 5 heteroatoms. The summed E-state index contributed by atoms with van der Waals surface area (Å²) >= 11 is 0. The quantitative estimate of drug-likeness (QED) is 0.409. The number of carbonyl (C=O) groups is 2. The maximum Gasteiger partial charge on any atom is 0.323 e. The number of rotatable bonds is 12. The van der Waals surface area contributed by atoms with Gasteiger partial charge >= 0.3 is 11.9 Å². The van der Waals surface area contributed by atoms with E-state index in [0.717, 1.165) is 25.9 Å². The molecule has 0 amide bonds. The molecule has 0 heterocycles. The molecule has 0 aliphatic carbocycles. The third-order valence-electron chi connectivity index (χ3n) is 4.15. The number of ether oxygens (including phenoxy) is 2. The van der Waals surface area contributed by atoms with E-state index in [1.165, 1.54) is 0 Å². The molecule has 22 heavy (non-hydrogen) atoms. The Morgan fingerprint density at radius 2 is 1.55 bits per heavy atom. The van der Waals surface area contributed by atoms with E-state index < -0.39 is 17.4 Å². The zero-order chi connectivity index (χ0) is 17.0. The van der Waals surface area contributed by atoms with Crippen molar-refractivity contribution in [3.8, 4) is 0 Å². The first-order valence-electron chi connectivity index (χ1n) is 8.59. The summed E-state index contributed by atoms with van der Waals surface area (Å²) in [7, 11) is 0. The van der Waals surface area contributed by atoms with Crippen molar-refractivity contribution in [2.45, 2.75) is 60.3 Å². The average molecular weight is 315 g/mol. The lowest BCUT2D eigenvalue weighted by Crippen LogP contribution is -2.42. The van der Waals surface area contributed by atoms with Crippen molar-refractivity contribution in [2.24, 2.45) is 5.41 Å². The van der Waals surface area contributed by atoms with Gasteiger partial charge in [0.15, 0.2) is 5.41 Å². The van der Waals surface area contributed by atoms with Gasteiger partial charge in [-0.2, -0.15) is 0 Å². The van der Waals surface area contributed by atoms with E-state index in [1.807, 2.05) is 13.8 Å². The largest absolute Gasteiger partial charge is 0.465 e. The number of likely N-dealkylation sites (N-methyl/N-ethyl adjacent to an activating group) is 1. The molecule has 0 saturated heterocycles. The first kappa shape index (κ1) is 20.9. The van der Waals surface area contributed by atoms with E-state index in [4.69, 9.17) is 9.47 Å². The molecule has 0 radical (unpaired) electrons. The smallest absolute Gasteiger partial charge is 0.323 e. The molecule has 1 atom stereocenters. The lowest BCUT2D eigenvalue weighted by Gasteiger charge is -2.28. The van der Waals surface area contributed by atoms with Crippen molar-refractivity contribution < 1.29 is 19.1 Å². The molecule has 5 nitrogen and oxygen atoms in total. The topological polar surface area (TPSA) is 55.8 Å². The fourth-order valence-electron chi connectivity index (χ4n) is 2.45. The summed E-state index contributed by atoms with van der Waals surface area (Å²) in [4.78, 5) is 27.0. The Labute approximate surface area is 135 Å². The Kier molecular flexibility index (Phi) is 10.9. The van der Waals surface area contributed by atoms with Gasteiger partial charge in [-0.1, -0.05) is 40.5 Å². The molecule has 0 N–H and O–H groups in total. The molecular weight excluding hydrogens is 282 g/mol. The van der Waals surface area contributed by atoms with Crippen LogP contribution in [0.2, 0.25) is 0 Å². The molecule has 0 aromatic rings. The Balaban J connectivity index is 4.83. The van der Waals surface area contributed by atoms with Crippen LogP contribution in [0.25, 0.3) is 0 Å². The Morgan fingerprint density at radius 1 is 0.955 bits per heavy atom. The number of hydrogen-bond donors (Lipinski definition) is 0. The molecule has 0 spiro atoms. The molecule has 0 aromatic heterocycles. The van der Waals surface area contributed by atoms with Crippen molar-refractivity contribution in [3.63, 3.8) is 0 Å². The van der Waals surface area contributed by atoms with Gasteiger partial charge in [0.1, 0.15) is 6.61 Å². The van der Waals surface area contributed by atoms with Crippen molar-refractivity contribution in [2.75, 3.05) is 32.8 Å². The second-order valence-electron chi connectivity index (χ2n) is 5.42. The van der Waals surface area contributed by atoms with Crippen LogP contribution in [-0.2, 0) is 19.1 Å². The highest BCUT2D eigenvalue weighted by atomic mass is 16.6. The zero-order valence-electron chi connectivity index (χ0n) is 14.9. The lowest BCUT2D eigenvalue weighted by molar-refractivity contribution is -0.173. The van der Waals surface area contributed by atoms with Gasteiger partial charge in [-0.25, -0.2) is 0 Å². The van der Waals surface area contributed by atoms with Crippen molar-refractivity contribution in [3.05, 3.63) is 0 Å². The third-order valence-corrected chi connectivity index (χ3v) is 4.15. The average Bonchev–Trinajstić information content (AvgIpc) is 2.53. The molecule has 130 valence electrons. The van der Waals surface area contributed by atoms with Gasteiger partial charge in [-0.3, -0.25) is 9.59 Å². The van der Waals surface area contributed by atoms with E-state index in [-0.39, 0.29) is 6.61 Å². The number of esters is 2. The Hall–Kier alpha value is -1.10. The lowest BCUT2D eigenvalue weighted by atomic mass is 9.80. The Bertz CT molecular complexity index is 329. The predicted octanol–water partition coefficient (Wildman–Crippen LogP) is 3.02. The van der Waals surface area contributed by atoms with Gasteiger partial charge < -0.3 is 14.4 Å². The van der Waals surface area contributed by atoms with Crippen LogP contribution in [0.4, 0.5) is 0 Å². The van der Waals surface area contributed by atoms with Gasteiger partial charge in [0.05, 0.1) is 6.61 Å². The normalized spacial score (nSPS) is 13.7. The highest BCUT2D eigenvalue weighted by Gasteiger charge is 2.46. The van der Waals surface area contributed by atoms with E-state index >= 15 is 0 Å². The minimum absolute atomic E-state index is 0.277. The van der Waals surface area contributed by atoms with Gasteiger partial charge in [-0.15, -0.1) is 0 Å². The van der Waals surface area contributed by atoms with Crippen LogP contribution in [0.3, 0.4) is 0 Å². The third kappa shape index (κ3) is 5.95. The summed E-state index contributed by atoms with van der Waals surface area (Å²) in [6, 6.07) is 0. The van der Waals surface area contributed by atoms with Crippen LogP contribution in [0.1, 0.15) is 60.3 Å². The second kappa shape index (κ2) is 11.5. The first-order valence-corrected chi connectivity index (χ1v) is 8.59. The van der Waals surface area contributed by atoms with Gasteiger partial charge in [-0.05, 0) is 32.9 Å². The molecule has 0 saturated carbocycles. The molecule has 1 unspecified atom stereocenters. The van der Waals surface area contributed by atoms with Crippen LogP contribution >= 0.6 is 0 Å². The van der Waals surface area contributed by atoms with E-state index in [1.54, 1.807) is 6.92 Å². The fourth-order valence-corrected chi connectivity index (χ4v) is 2.45. The predicted molar refractivity (Wildman–Crippen MR) is 87.6 cm³/mol. The van der Waals surface area contributed by atoms with Crippen LogP contribution in [0, 0.1) is 5.41 Å². The summed E-state index contributed by atoms with van der Waals surface area (Å²) in [5.74, 6) is -0.882. The number of nitrogens with zero attached hydrogens (tertiary/aromatic N) is 1. The fraction of sp³-hybridized carbons (Fsp3) is 0.882. The number of hydrogen-bond acceptors (Lipinski definition) is 5.